The first-order valence-corrected chi connectivity index (χ1v) is 15.1. The van der Waals surface area contributed by atoms with E-state index >= 15 is 0 Å². The Morgan fingerprint density at radius 1 is 0.217 bits per heavy atom. The highest BCUT2D eigenvalue weighted by atomic mass is 16.5. The molecule has 0 aliphatic heterocycles. The molecule has 46 heavy (non-hydrogen) atoms. The summed E-state index contributed by atoms with van der Waals surface area (Å²) >= 11 is 0. The molecular weight excluding hydrogens is 568 g/mol. The fourth-order valence-electron chi connectivity index (χ4n) is 5.22. The third-order valence-corrected chi connectivity index (χ3v) is 7.33. The highest BCUT2D eigenvalue weighted by Crippen LogP contribution is 2.49. The van der Waals surface area contributed by atoms with Crippen LogP contribution >= 0.6 is 0 Å². The molecule has 0 saturated carbocycles. The van der Waals surface area contributed by atoms with Gasteiger partial charge in [-0.25, -0.2) is 0 Å². The van der Waals surface area contributed by atoms with Gasteiger partial charge in [-0.15, -0.1) is 0 Å². The molecule has 4 heteroatoms. The Balaban J connectivity index is 1.39. The van der Waals surface area contributed by atoms with Crippen molar-refractivity contribution in [3.63, 3.8) is 0 Å². The molecule has 0 amide bonds. The van der Waals surface area contributed by atoms with Crippen LogP contribution in [0.15, 0.2) is 182 Å². The van der Waals surface area contributed by atoms with Crippen LogP contribution in [0, 0.1) is 0 Å². The van der Waals surface area contributed by atoms with Gasteiger partial charge in [0.05, 0.1) is 0 Å². The second-order valence-electron chi connectivity index (χ2n) is 10.5. The van der Waals surface area contributed by atoms with Gasteiger partial charge in [0.1, 0.15) is 23.0 Å². The molecule has 0 heterocycles. The number of rotatable bonds is 10. The van der Waals surface area contributed by atoms with Crippen LogP contribution in [0.4, 0.5) is 0 Å². The van der Waals surface area contributed by atoms with Crippen molar-refractivity contribution in [2.24, 2.45) is 0 Å². The molecule has 0 unspecified atom stereocenters. The number of benzene rings is 7. The van der Waals surface area contributed by atoms with Gasteiger partial charge in [0, 0.05) is 11.1 Å². The van der Waals surface area contributed by atoms with Gasteiger partial charge in [0.25, 0.3) is 0 Å². The maximum Gasteiger partial charge on any atom is 0.177 e. The molecule has 0 spiro atoms. The van der Waals surface area contributed by atoms with Gasteiger partial charge < -0.3 is 18.9 Å². The van der Waals surface area contributed by atoms with Crippen LogP contribution in [0.2, 0.25) is 0 Å². The van der Waals surface area contributed by atoms with E-state index in [2.05, 4.69) is 24.3 Å². The smallest absolute Gasteiger partial charge is 0.177 e. The van der Waals surface area contributed by atoms with Crippen molar-refractivity contribution in [1.29, 1.82) is 0 Å². The highest BCUT2D eigenvalue weighted by molar-refractivity contribution is 5.90. The molecule has 0 atom stereocenters. The molecule has 0 aliphatic rings. The van der Waals surface area contributed by atoms with E-state index in [1.54, 1.807) is 0 Å². The summed E-state index contributed by atoms with van der Waals surface area (Å²) < 4.78 is 26.0. The highest BCUT2D eigenvalue weighted by Gasteiger charge is 2.22. The van der Waals surface area contributed by atoms with Crippen molar-refractivity contribution < 1.29 is 18.9 Å². The molecule has 0 bridgehead atoms. The molecule has 0 radical (unpaired) electrons. The molecule has 7 aromatic rings. The van der Waals surface area contributed by atoms with Crippen molar-refractivity contribution in [3.05, 3.63) is 182 Å². The van der Waals surface area contributed by atoms with Crippen LogP contribution in [-0.2, 0) is 0 Å². The maximum atomic E-state index is 6.61. The van der Waals surface area contributed by atoms with Gasteiger partial charge in [-0.05, 0) is 71.8 Å². The summed E-state index contributed by atoms with van der Waals surface area (Å²) in [6.07, 6.45) is 0. The van der Waals surface area contributed by atoms with E-state index in [9.17, 15) is 0 Å². The van der Waals surface area contributed by atoms with Crippen LogP contribution in [0.5, 0.6) is 46.0 Å². The molecule has 4 nitrogen and oxygen atoms in total. The molecule has 0 aromatic heterocycles. The van der Waals surface area contributed by atoms with Gasteiger partial charge in [0.2, 0.25) is 0 Å². The quantitative estimate of drug-likeness (QED) is 0.157. The Hall–Kier alpha value is -6.26. The molecule has 7 rings (SSSR count). The largest absolute Gasteiger partial charge is 0.453 e. The fourth-order valence-corrected chi connectivity index (χ4v) is 5.22. The summed E-state index contributed by atoms with van der Waals surface area (Å²) in [6, 6.07) is 59.1. The Labute approximate surface area is 268 Å². The Kier molecular flexibility index (Phi) is 8.42. The normalized spacial score (nSPS) is 10.6. The van der Waals surface area contributed by atoms with Crippen LogP contribution in [-0.4, -0.2) is 0 Å². The predicted molar refractivity (Wildman–Crippen MR) is 183 cm³/mol. The third-order valence-electron chi connectivity index (χ3n) is 7.33. The number of ether oxygens (including phenoxy) is 4. The molecule has 7 aromatic carbocycles. The fraction of sp³-hybridized carbons (Fsp3) is 0. The second-order valence-corrected chi connectivity index (χ2v) is 10.5. The first-order valence-electron chi connectivity index (χ1n) is 15.1. The Morgan fingerprint density at radius 2 is 0.500 bits per heavy atom. The third kappa shape index (κ3) is 6.47. The number of hydrogen-bond acceptors (Lipinski definition) is 4. The monoisotopic (exact) mass is 598 g/mol. The zero-order valence-electron chi connectivity index (χ0n) is 25.0. The lowest BCUT2D eigenvalue weighted by Crippen LogP contribution is -1.97. The molecular formula is C42H30O4. The van der Waals surface area contributed by atoms with Crippen molar-refractivity contribution in [2.45, 2.75) is 0 Å². The van der Waals surface area contributed by atoms with E-state index in [1.165, 1.54) is 0 Å². The van der Waals surface area contributed by atoms with E-state index in [0.29, 0.717) is 34.5 Å². The number of hydrogen-bond donors (Lipinski definition) is 0. The summed E-state index contributed by atoms with van der Waals surface area (Å²) in [7, 11) is 0. The topological polar surface area (TPSA) is 36.9 Å². The van der Waals surface area contributed by atoms with Gasteiger partial charge in [-0.3, -0.25) is 0 Å². The van der Waals surface area contributed by atoms with Crippen LogP contribution in [0.3, 0.4) is 0 Å². The van der Waals surface area contributed by atoms with E-state index in [4.69, 9.17) is 18.9 Å². The Bertz CT molecular complexity index is 1880. The maximum absolute atomic E-state index is 6.61. The van der Waals surface area contributed by atoms with E-state index in [1.807, 2.05) is 158 Å². The second kappa shape index (κ2) is 13.6. The minimum atomic E-state index is 0.601. The van der Waals surface area contributed by atoms with Crippen LogP contribution in [0.1, 0.15) is 0 Å². The summed E-state index contributed by atoms with van der Waals surface area (Å²) in [6.45, 7) is 0. The van der Waals surface area contributed by atoms with Crippen molar-refractivity contribution >= 4 is 0 Å². The van der Waals surface area contributed by atoms with E-state index in [0.717, 1.165) is 33.8 Å². The zero-order valence-corrected chi connectivity index (χ0v) is 25.0. The lowest BCUT2D eigenvalue weighted by Gasteiger charge is -2.20. The van der Waals surface area contributed by atoms with Crippen molar-refractivity contribution in [3.8, 4) is 68.2 Å². The predicted octanol–water partition coefficient (Wildman–Crippen LogP) is 12.2. The van der Waals surface area contributed by atoms with Gasteiger partial charge in [-0.2, -0.15) is 0 Å². The van der Waals surface area contributed by atoms with Gasteiger partial charge in [-0.1, -0.05) is 121 Å². The average Bonchev–Trinajstić information content (AvgIpc) is 3.12. The standard InChI is InChI=1S/C42H30O4/c1-5-17-31(18-6-1)43-39-29-15-27-37(41(39)45-33-21-9-3-10-22-33)35-25-13-14-26-36(35)38-28-16-30-40(44-32-19-7-2-8-20-32)42(38)46-34-23-11-4-12-24-34/h1-30H. The molecule has 0 fully saturated rings. The SMILES string of the molecule is c1ccc(Oc2cccc(-c3ccccc3-c3cccc(Oc4ccccc4)c3Oc3ccccc3)c2Oc2ccccc2)cc1. The zero-order chi connectivity index (χ0) is 31.0. The lowest BCUT2D eigenvalue weighted by molar-refractivity contribution is 0.419. The van der Waals surface area contributed by atoms with Crippen molar-refractivity contribution in [1.82, 2.24) is 0 Å². The van der Waals surface area contributed by atoms with Gasteiger partial charge >= 0.3 is 0 Å². The lowest BCUT2D eigenvalue weighted by atomic mass is 9.93. The van der Waals surface area contributed by atoms with E-state index in [-0.39, 0.29) is 0 Å². The first-order chi connectivity index (χ1) is 22.8. The summed E-state index contributed by atoms with van der Waals surface area (Å²) in [5, 5.41) is 0. The minimum absolute atomic E-state index is 0.601. The number of para-hydroxylation sites is 6. The first kappa shape index (κ1) is 28.5. The Morgan fingerprint density at radius 3 is 0.848 bits per heavy atom. The molecule has 0 N–H and O–H groups in total. The van der Waals surface area contributed by atoms with Gasteiger partial charge in [0.15, 0.2) is 23.0 Å². The van der Waals surface area contributed by atoms with Crippen LogP contribution in [0.25, 0.3) is 22.3 Å². The molecule has 0 saturated heterocycles. The molecule has 222 valence electrons. The minimum Gasteiger partial charge on any atom is -0.453 e. The summed E-state index contributed by atoms with van der Waals surface area (Å²) in [5.74, 6) is 5.26. The van der Waals surface area contributed by atoms with E-state index < -0.39 is 0 Å². The molecule has 0 aliphatic carbocycles. The van der Waals surface area contributed by atoms with Crippen LogP contribution < -0.4 is 18.9 Å². The summed E-state index contributed by atoms with van der Waals surface area (Å²) in [5.41, 5.74) is 3.63. The van der Waals surface area contributed by atoms with Crippen molar-refractivity contribution in [2.75, 3.05) is 0 Å². The summed E-state index contributed by atoms with van der Waals surface area (Å²) in [4.78, 5) is 0. The average molecular weight is 599 g/mol.